The van der Waals surface area contributed by atoms with Crippen LogP contribution in [0.2, 0.25) is 0 Å². The van der Waals surface area contributed by atoms with Gasteiger partial charge in [-0.15, -0.1) is 0 Å². The third-order valence-corrected chi connectivity index (χ3v) is 3.73. The van der Waals surface area contributed by atoms with Crippen molar-refractivity contribution < 1.29 is 8.78 Å². The molecule has 0 amide bonds. The van der Waals surface area contributed by atoms with Crippen molar-refractivity contribution in [2.24, 2.45) is 0 Å². The fraction of sp³-hybridized carbons (Fsp3) is 0.250. The van der Waals surface area contributed by atoms with E-state index in [9.17, 15) is 8.78 Å². The number of nitrogens with one attached hydrogen (secondary N) is 1. The maximum Gasteiger partial charge on any atom is 0.147 e. The van der Waals surface area contributed by atoms with Gasteiger partial charge in [-0.25, -0.2) is 8.78 Å². The summed E-state index contributed by atoms with van der Waals surface area (Å²) in [5.74, 6) is -0.937. The zero-order valence-electron chi connectivity index (χ0n) is 11.2. The van der Waals surface area contributed by atoms with Gasteiger partial charge in [-0.05, 0) is 34.0 Å². The van der Waals surface area contributed by atoms with Crippen LogP contribution in [0.3, 0.4) is 0 Å². The summed E-state index contributed by atoms with van der Waals surface area (Å²) in [6.45, 7) is 2.07. The number of hydrogen-bond acceptors (Lipinski definition) is 1. The predicted octanol–water partition coefficient (Wildman–Crippen LogP) is 5.68. The molecule has 0 aliphatic carbocycles. The average Bonchev–Trinajstić information content (AvgIpc) is 2.45. The van der Waals surface area contributed by atoms with Crippen molar-refractivity contribution >= 4 is 21.6 Å². The van der Waals surface area contributed by atoms with E-state index in [1.165, 1.54) is 6.07 Å². The molecule has 1 nitrogen and oxygen atoms in total. The van der Waals surface area contributed by atoms with Gasteiger partial charge in [0.05, 0.1) is 16.2 Å². The molecular weight excluding hydrogens is 324 g/mol. The van der Waals surface area contributed by atoms with Gasteiger partial charge in [0.15, 0.2) is 0 Å². The highest BCUT2D eigenvalue weighted by atomic mass is 79.9. The highest BCUT2D eigenvalue weighted by molar-refractivity contribution is 9.10. The molecule has 2 aromatic rings. The van der Waals surface area contributed by atoms with Crippen LogP contribution in [0.1, 0.15) is 31.4 Å². The van der Waals surface area contributed by atoms with Crippen LogP contribution in [-0.2, 0) is 0 Å². The zero-order valence-corrected chi connectivity index (χ0v) is 12.8. The average molecular weight is 340 g/mol. The van der Waals surface area contributed by atoms with Crippen LogP contribution in [0.5, 0.6) is 0 Å². The Morgan fingerprint density at radius 2 is 1.80 bits per heavy atom. The van der Waals surface area contributed by atoms with Crippen molar-refractivity contribution in [1.29, 1.82) is 0 Å². The lowest BCUT2D eigenvalue weighted by atomic mass is 10.0. The fourth-order valence-electron chi connectivity index (χ4n) is 2.12. The standard InChI is InChI=1S/C16H16BrF2N/c1-2-6-15(11-7-4-3-5-8-11)20-16-10-13(18)12(17)9-14(16)19/h3-5,7-10,15,20H,2,6H2,1H3. The van der Waals surface area contributed by atoms with Crippen molar-refractivity contribution in [2.75, 3.05) is 5.32 Å². The first kappa shape index (κ1) is 15.0. The highest BCUT2D eigenvalue weighted by Crippen LogP contribution is 2.28. The van der Waals surface area contributed by atoms with Crippen LogP contribution in [0.15, 0.2) is 46.9 Å². The van der Waals surface area contributed by atoms with E-state index >= 15 is 0 Å². The van der Waals surface area contributed by atoms with Crippen LogP contribution < -0.4 is 5.32 Å². The molecule has 4 heteroatoms. The molecule has 0 bridgehead atoms. The Kier molecular flexibility index (Phi) is 5.12. The van der Waals surface area contributed by atoms with Crippen LogP contribution in [0.25, 0.3) is 0 Å². The molecule has 0 saturated carbocycles. The molecule has 0 radical (unpaired) electrons. The first-order chi connectivity index (χ1) is 9.61. The van der Waals surface area contributed by atoms with E-state index in [0.29, 0.717) is 0 Å². The van der Waals surface area contributed by atoms with Crippen molar-refractivity contribution in [3.63, 3.8) is 0 Å². The van der Waals surface area contributed by atoms with E-state index in [1.54, 1.807) is 0 Å². The van der Waals surface area contributed by atoms with E-state index in [1.807, 2.05) is 30.3 Å². The summed E-state index contributed by atoms with van der Waals surface area (Å²) < 4.78 is 27.6. The summed E-state index contributed by atoms with van der Waals surface area (Å²) in [6.07, 6.45) is 1.80. The SMILES string of the molecule is CCCC(Nc1cc(F)c(Br)cc1F)c1ccccc1. The number of halogens is 3. The first-order valence-electron chi connectivity index (χ1n) is 6.58. The van der Waals surface area contributed by atoms with Gasteiger partial charge < -0.3 is 5.32 Å². The van der Waals surface area contributed by atoms with Gasteiger partial charge in [-0.2, -0.15) is 0 Å². The third kappa shape index (κ3) is 3.57. The molecule has 106 valence electrons. The Morgan fingerprint density at radius 3 is 2.45 bits per heavy atom. The van der Waals surface area contributed by atoms with Gasteiger partial charge in [0.2, 0.25) is 0 Å². The summed E-state index contributed by atoms with van der Waals surface area (Å²) in [5.41, 5.74) is 1.25. The number of benzene rings is 2. The van der Waals surface area contributed by atoms with Gasteiger partial charge >= 0.3 is 0 Å². The van der Waals surface area contributed by atoms with Crippen LogP contribution >= 0.6 is 15.9 Å². The second kappa shape index (κ2) is 6.84. The van der Waals surface area contributed by atoms with Gasteiger partial charge in [-0.3, -0.25) is 0 Å². The molecule has 20 heavy (non-hydrogen) atoms. The second-order valence-corrected chi connectivity index (χ2v) is 5.50. The minimum Gasteiger partial charge on any atom is -0.376 e. The van der Waals surface area contributed by atoms with Crippen LogP contribution in [-0.4, -0.2) is 0 Å². The molecule has 0 heterocycles. The van der Waals surface area contributed by atoms with Crippen LogP contribution in [0, 0.1) is 11.6 Å². The largest absolute Gasteiger partial charge is 0.376 e. The summed E-state index contributed by atoms with van der Waals surface area (Å²) in [6, 6.07) is 12.1. The highest BCUT2D eigenvalue weighted by Gasteiger charge is 2.14. The summed E-state index contributed by atoms with van der Waals surface area (Å²) in [5, 5.41) is 3.10. The monoisotopic (exact) mass is 339 g/mol. The number of rotatable bonds is 5. The van der Waals surface area contributed by atoms with Gasteiger partial charge in [-0.1, -0.05) is 43.7 Å². The molecule has 2 aromatic carbocycles. The molecular formula is C16H16BrF2N. The van der Waals surface area contributed by atoms with Crippen molar-refractivity contribution in [3.8, 4) is 0 Å². The third-order valence-electron chi connectivity index (χ3n) is 3.12. The smallest absolute Gasteiger partial charge is 0.147 e. The lowest BCUT2D eigenvalue weighted by Gasteiger charge is -2.20. The molecule has 1 unspecified atom stereocenters. The Balaban J connectivity index is 2.27. The minimum absolute atomic E-state index is 0.0312. The fourth-order valence-corrected chi connectivity index (χ4v) is 2.43. The molecule has 0 aromatic heterocycles. The molecule has 0 aliphatic heterocycles. The maximum atomic E-state index is 13.9. The van der Waals surface area contributed by atoms with Crippen molar-refractivity contribution in [3.05, 3.63) is 64.1 Å². The molecule has 1 atom stereocenters. The number of anilines is 1. The predicted molar refractivity (Wildman–Crippen MR) is 81.8 cm³/mol. The Morgan fingerprint density at radius 1 is 1.10 bits per heavy atom. The van der Waals surface area contributed by atoms with E-state index in [-0.39, 0.29) is 16.2 Å². The molecule has 0 spiro atoms. The minimum atomic E-state index is -0.475. The molecule has 0 saturated heterocycles. The van der Waals surface area contributed by atoms with E-state index in [2.05, 4.69) is 28.2 Å². The number of hydrogen-bond donors (Lipinski definition) is 1. The topological polar surface area (TPSA) is 12.0 Å². The van der Waals surface area contributed by atoms with E-state index < -0.39 is 11.6 Å². The summed E-state index contributed by atoms with van der Waals surface area (Å²) in [4.78, 5) is 0. The van der Waals surface area contributed by atoms with E-state index in [4.69, 9.17) is 0 Å². The second-order valence-electron chi connectivity index (χ2n) is 4.64. The Labute approximate surface area is 126 Å². The van der Waals surface area contributed by atoms with Crippen LogP contribution in [0.4, 0.5) is 14.5 Å². The molecule has 2 rings (SSSR count). The van der Waals surface area contributed by atoms with Crippen molar-refractivity contribution in [2.45, 2.75) is 25.8 Å². The van der Waals surface area contributed by atoms with E-state index in [0.717, 1.165) is 24.5 Å². The first-order valence-corrected chi connectivity index (χ1v) is 7.37. The normalized spacial score (nSPS) is 12.2. The lowest BCUT2D eigenvalue weighted by molar-refractivity contribution is 0.590. The zero-order chi connectivity index (χ0) is 14.5. The van der Waals surface area contributed by atoms with Gasteiger partial charge in [0.1, 0.15) is 11.6 Å². The molecule has 1 N–H and O–H groups in total. The van der Waals surface area contributed by atoms with Gasteiger partial charge in [0, 0.05) is 6.07 Å². The quantitative estimate of drug-likeness (QED) is 0.691. The summed E-state index contributed by atoms with van der Waals surface area (Å²) >= 11 is 2.98. The maximum absolute atomic E-state index is 13.9. The van der Waals surface area contributed by atoms with Crippen molar-refractivity contribution in [1.82, 2.24) is 0 Å². The van der Waals surface area contributed by atoms with Gasteiger partial charge in [0.25, 0.3) is 0 Å². The molecule has 0 aliphatic rings. The Bertz CT molecular complexity index is 572. The molecule has 0 fully saturated rings. The lowest BCUT2D eigenvalue weighted by Crippen LogP contribution is -2.12. The Hall–Kier alpha value is -1.42. The summed E-state index contributed by atoms with van der Waals surface area (Å²) in [7, 11) is 0.